The molecule has 0 spiro atoms. The quantitative estimate of drug-likeness (QED) is 0.0505. The molecule has 11 heteroatoms. The maximum absolute atomic E-state index is 10.6. The van der Waals surface area contributed by atoms with Crippen molar-refractivity contribution in [2.45, 2.75) is 204 Å². The minimum Gasteiger partial charge on any atom is -0.744 e. The third kappa shape index (κ3) is 31.0. The molecule has 0 saturated carbocycles. The summed E-state index contributed by atoms with van der Waals surface area (Å²) in [5, 5.41) is 20.9. The van der Waals surface area contributed by atoms with E-state index in [9.17, 15) is 32.8 Å². The van der Waals surface area contributed by atoms with Gasteiger partial charge in [0, 0.05) is 21.8 Å². The molecule has 362 valence electrons. The van der Waals surface area contributed by atoms with Gasteiger partial charge >= 0.3 is 0 Å². The van der Waals surface area contributed by atoms with E-state index in [-0.39, 0.29) is 0 Å². The molecule has 0 aliphatic heterocycles. The van der Waals surface area contributed by atoms with Gasteiger partial charge in [0.15, 0.2) is 0 Å². The van der Waals surface area contributed by atoms with E-state index >= 15 is 0 Å². The monoisotopic (exact) mass is 937 g/mol. The maximum atomic E-state index is 10.6. The highest BCUT2D eigenvalue weighted by atomic mass is 32.2. The van der Waals surface area contributed by atoms with Crippen LogP contribution in [-0.4, -0.2) is 98.9 Å². The van der Waals surface area contributed by atoms with Crippen molar-refractivity contribution in [3.63, 3.8) is 0 Å². The van der Waals surface area contributed by atoms with Gasteiger partial charge in [-0.15, -0.1) is 0 Å². The predicted molar refractivity (Wildman–Crippen MR) is 273 cm³/mol. The molecule has 0 amide bonds. The Kier molecular flexibility index (Phi) is 42.1. The number of benzene rings is 1. The van der Waals surface area contributed by atoms with E-state index in [2.05, 4.69) is 83.1 Å². The van der Waals surface area contributed by atoms with Gasteiger partial charge in [-0.2, -0.15) is 0 Å². The summed E-state index contributed by atoms with van der Waals surface area (Å²) in [7, 11) is -6.53. The van der Waals surface area contributed by atoms with Gasteiger partial charge in [0.05, 0.1) is 90.8 Å². The van der Waals surface area contributed by atoms with Crippen LogP contribution in [0, 0.1) is 0 Å². The maximum Gasteiger partial charge on any atom is 0.124 e. The number of carbonyl (C=O) groups excluding carboxylic acids is 2. The molecule has 1 rings (SSSR count). The van der Waals surface area contributed by atoms with Crippen LogP contribution in [0.25, 0.3) is 0 Å². The normalized spacial score (nSPS) is 11.8. The van der Waals surface area contributed by atoms with Gasteiger partial charge in [-0.25, -0.2) is 8.42 Å². The number of carbonyl (C=O) groups is 2. The van der Waals surface area contributed by atoms with E-state index < -0.39 is 59.9 Å². The fraction of sp³-hybridized carbons (Fsp3) is 0.840. The highest BCUT2D eigenvalue weighted by molar-refractivity contribution is 7.85. The summed E-state index contributed by atoms with van der Waals surface area (Å²) in [5.74, 6) is -3.60. The lowest BCUT2D eigenvalue weighted by Gasteiger charge is -2.26. The van der Waals surface area contributed by atoms with Crippen molar-refractivity contribution in [1.82, 2.24) is 0 Å². The molecule has 7 nitrogen and oxygen atoms in total. The minimum absolute atomic E-state index is 0.518. The summed E-state index contributed by atoms with van der Waals surface area (Å²) in [6.07, 6.45) is 44.6. The average Bonchev–Trinajstić information content (AvgIpc) is 3.26. The van der Waals surface area contributed by atoms with Crippen molar-refractivity contribution in [3.05, 3.63) is 29.3 Å². The van der Waals surface area contributed by atoms with Crippen LogP contribution in [0.15, 0.2) is 23.1 Å². The molecule has 0 fully saturated rings. The molecule has 0 radical (unpaired) electrons. The molecule has 0 aromatic heterocycles. The number of carboxylic acid groups (broad SMARTS) is 2. The Labute approximate surface area is 381 Å². The van der Waals surface area contributed by atoms with E-state index in [1.165, 1.54) is 134 Å². The lowest BCUT2D eigenvalue weighted by Crippen LogP contribution is -2.26. The Morgan fingerprint density at radius 3 is 0.689 bits per heavy atom. The first kappa shape index (κ1) is 64.6. The topological polar surface area (TPSA) is 137 Å². The number of hydrogen-bond donors (Lipinski definition) is 0. The van der Waals surface area contributed by atoms with Gasteiger partial charge in [0.1, 0.15) is 10.1 Å². The molecule has 0 unspecified atom stereocenters. The molecule has 1 aromatic carbocycles. The molecule has 0 aliphatic carbocycles. The second-order valence-electron chi connectivity index (χ2n) is 17.4. The number of rotatable bonds is 33. The van der Waals surface area contributed by atoms with E-state index in [0.29, 0.717) is 18.2 Å². The van der Waals surface area contributed by atoms with Crippen LogP contribution in [0.2, 0.25) is 0 Å². The van der Waals surface area contributed by atoms with Gasteiger partial charge in [0.25, 0.3) is 0 Å². The predicted octanol–water partition coefficient (Wildman–Crippen LogP) is 13.6. The highest BCUT2D eigenvalue weighted by Gasteiger charge is 2.34. The zero-order valence-corrected chi connectivity index (χ0v) is 45.6. The Balaban J connectivity index is -0.000000736. The third-order valence-corrected chi connectivity index (χ3v) is 28.8. The van der Waals surface area contributed by atoms with Crippen molar-refractivity contribution in [2.75, 3.05) is 73.9 Å². The molecule has 0 N–H and O–H groups in total. The zero-order valence-electron chi connectivity index (χ0n) is 42.1. The Morgan fingerprint density at radius 1 is 0.393 bits per heavy atom. The third-order valence-electron chi connectivity index (χ3n) is 12.6. The molecule has 0 heterocycles. The van der Waals surface area contributed by atoms with Gasteiger partial charge in [-0.3, -0.25) is 0 Å². The second-order valence-corrected chi connectivity index (χ2v) is 32.8. The van der Waals surface area contributed by atoms with Crippen LogP contribution < -0.4 is 10.2 Å². The Hall–Kier alpha value is -0.640. The number of aromatic carboxylic acids is 2. The molecular formula is C50H99O7P3S. The molecule has 0 aliphatic rings. The van der Waals surface area contributed by atoms with E-state index in [1.54, 1.807) is 55.5 Å². The van der Waals surface area contributed by atoms with E-state index in [4.69, 9.17) is 0 Å². The van der Waals surface area contributed by atoms with Crippen LogP contribution in [0.1, 0.15) is 219 Å². The van der Waals surface area contributed by atoms with Crippen LogP contribution in [-0.2, 0) is 10.1 Å². The lowest BCUT2D eigenvalue weighted by molar-refractivity contribution is -0.255. The fourth-order valence-corrected chi connectivity index (χ4v) is 22.1. The van der Waals surface area contributed by atoms with Gasteiger partial charge in [-0.1, -0.05) is 120 Å². The summed E-state index contributed by atoms with van der Waals surface area (Å²) in [6.45, 7) is 28.4. The van der Waals surface area contributed by atoms with Crippen LogP contribution in [0.4, 0.5) is 0 Å². The molecule has 0 saturated heterocycles. The SMILES string of the molecule is CCCC[P+](CC)(CCCC)CCCC.CCCC[P+](CC)(CCCC)CCCC.CCCC[P+](CC)(CCCC)CCCC.O=C([O-])c1cc(C(=O)[O-])cc(S(=O)(=O)[O-])c1. The van der Waals surface area contributed by atoms with Crippen LogP contribution in [0.3, 0.4) is 0 Å². The molecule has 61 heavy (non-hydrogen) atoms. The summed E-state index contributed by atoms with van der Waals surface area (Å²) in [5.41, 5.74) is -1.45. The van der Waals surface area contributed by atoms with Crippen molar-refractivity contribution in [2.24, 2.45) is 0 Å². The summed E-state index contributed by atoms with van der Waals surface area (Å²) in [4.78, 5) is 19.9. The molecular weight excluding hydrogens is 838 g/mol. The Morgan fingerprint density at radius 2 is 0.574 bits per heavy atom. The van der Waals surface area contributed by atoms with Crippen molar-refractivity contribution in [3.8, 4) is 0 Å². The van der Waals surface area contributed by atoms with Crippen molar-refractivity contribution in [1.29, 1.82) is 0 Å². The minimum atomic E-state index is -4.95. The Bertz CT molecular complexity index is 1150. The average molecular weight is 937 g/mol. The first-order chi connectivity index (χ1) is 28.9. The molecule has 0 bridgehead atoms. The second kappa shape index (κ2) is 39.7. The largest absolute Gasteiger partial charge is 0.744 e. The van der Waals surface area contributed by atoms with E-state index in [0.717, 1.165) is 0 Å². The summed E-state index contributed by atoms with van der Waals surface area (Å²) < 4.78 is 31.8. The molecule has 0 atom stereocenters. The summed E-state index contributed by atoms with van der Waals surface area (Å²) in [6, 6.07) is 1.67. The smallest absolute Gasteiger partial charge is 0.124 e. The highest BCUT2D eigenvalue weighted by Crippen LogP contribution is 2.62. The van der Waals surface area contributed by atoms with Crippen molar-refractivity contribution < 1.29 is 32.8 Å². The van der Waals surface area contributed by atoms with Crippen LogP contribution >= 0.6 is 21.8 Å². The van der Waals surface area contributed by atoms with Crippen LogP contribution in [0.5, 0.6) is 0 Å². The first-order valence-electron chi connectivity index (χ1n) is 25.0. The number of unbranched alkanes of at least 4 members (excludes halogenated alkanes) is 9. The van der Waals surface area contributed by atoms with Gasteiger partial charge < -0.3 is 24.4 Å². The van der Waals surface area contributed by atoms with E-state index in [1.807, 2.05) is 0 Å². The van der Waals surface area contributed by atoms with Crippen molar-refractivity contribution >= 4 is 43.8 Å². The van der Waals surface area contributed by atoms with Gasteiger partial charge in [0.2, 0.25) is 0 Å². The summed E-state index contributed by atoms with van der Waals surface area (Å²) >= 11 is 0. The first-order valence-corrected chi connectivity index (χ1v) is 34.0. The zero-order chi connectivity index (χ0) is 47.2. The number of carboxylic acids is 2. The van der Waals surface area contributed by atoms with Gasteiger partial charge in [-0.05, 0) is 108 Å². The number of hydrogen-bond acceptors (Lipinski definition) is 7. The standard InChI is InChI=1S/3C14H32P.C8H6O7S/c3*1-5-9-12-15(8-4,13-10-6-2)14-11-7-3;9-7(10)4-1-5(8(11)12)3-6(2-4)16(13,14)15/h3*5-14H2,1-4H3;1-3H,(H,9,10)(H,11,12)(H,13,14,15)/q3*+1;/p-3. The molecule has 1 aromatic rings. The fourth-order valence-electron chi connectivity index (χ4n) is 7.85. The lowest BCUT2D eigenvalue weighted by atomic mass is 10.1.